The topological polar surface area (TPSA) is 97.4 Å². The van der Waals surface area contributed by atoms with Crippen LogP contribution in [0.3, 0.4) is 0 Å². The van der Waals surface area contributed by atoms with E-state index in [2.05, 4.69) is 32.9 Å². The van der Waals surface area contributed by atoms with E-state index in [4.69, 9.17) is 23.7 Å². The maximum Gasteiger partial charge on any atom is 0.305 e. The van der Waals surface area contributed by atoms with Gasteiger partial charge in [0.15, 0.2) is 6.29 Å². The Morgan fingerprint density at radius 2 is 1.87 bits per heavy atom. The first-order chi connectivity index (χ1) is 22.0. The number of carbonyl (C=O) groups is 3. The molecule has 46 heavy (non-hydrogen) atoms. The number of allylic oxidation sites excluding steroid dienone is 3. The minimum atomic E-state index is -0.621. The number of hydrogen-bond acceptors (Lipinski definition) is 8. The van der Waals surface area contributed by atoms with Crippen molar-refractivity contribution in [2.45, 2.75) is 143 Å². The molecule has 0 aromatic rings. The van der Waals surface area contributed by atoms with Crippen molar-refractivity contribution in [3.8, 4) is 0 Å². The van der Waals surface area contributed by atoms with Gasteiger partial charge in [-0.25, -0.2) is 0 Å². The van der Waals surface area contributed by atoms with Crippen molar-refractivity contribution in [1.29, 1.82) is 0 Å². The maximum absolute atomic E-state index is 11.6. The summed E-state index contributed by atoms with van der Waals surface area (Å²) in [6.07, 6.45) is 20.8. The lowest BCUT2D eigenvalue weighted by Gasteiger charge is -2.52. The standard InChI is InChI=1S/C38H58O8/c1-7-8-12-33-32(29-15-14-28(22-29)25(2)11-9-10-13-36(41)42-6)17-16-30-23-31(20-21-38(30,33)5)45-37-19-18-34(44-27(4)40)35(46-37)24-43-26(3)39/h11,16,18-19,28-29,31-35,37H,7-10,12-15,17,20-24H2,1-6H3/b25-11+/t28-,29?,31?,32?,33?,34?,35?,37?,38-/m0/s1. The van der Waals surface area contributed by atoms with Gasteiger partial charge >= 0.3 is 17.9 Å². The van der Waals surface area contributed by atoms with Crippen LogP contribution in [0.1, 0.15) is 118 Å². The second kappa shape index (κ2) is 17.1. The summed E-state index contributed by atoms with van der Waals surface area (Å²) < 4.78 is 28.0. The highest BCUT2D eigenvalue weighted by molar-refractivity contribution is 5.69. The van der Waals surface area contributed by atoms with Gasteiger partial charge in [0.2, 0.25) is 0 Å². The third-order valence-corrected chi connectivity index (χ3v) is 11.2. The predicted octanol–water partition coefficient (Wildman–Crippen LogP) is 7.80. The van der Waals surface area contributed by atoms with Crippen LogP contribution < -0.4 is 0 Å². The van der Waals surface area contributed by atoms with Gasteiger partial charge in [0.1, 0.15) is 18.8 Å². The Hall–Kier alpha value is -2.45. The van der Waals surface area contributed by atoms with Crippen LogP contribution >= 0.6 is 0 Å². The van der Waals surface area contributed by atoms with E-state index < -0.39 is 30.4 Å². The van der Waals surface area contributed by atoms with Gasteiger partial charge in [-0.15, -0.1) is 0 Å². The molecule has 0 bridgehead atoms. The third-order valence-electron chi connectivity index (χ3n) is 11.2. The summed E-state index contributed by atoms with van der Waals surface area (Å²) in [5.41, 5.74) is 3.24. The molecule has 0 amide bonds. The molecule has 8 nitrogen and oxygen atoms in total. The molecule has 0 aromatic carbocycles. The molecule has 3 aliphatic carbocycles. The Kier molecular flexibility index (Phi) is 13.5. The Morgan fingerprint density at radius 1 is 1.07 bits per heavy atom. The maximum atomic E-state index is 11.6. The van der Waals surface area contributed by atoms with E-state index in [1.165, 1.54) is 65.1 Å². The van der Waals surface area contributed by atoms with E-state index in [-0.39, 0.29) is 24.1 Å². The lowest BCUT2D eigenvalue weighted by Crippen LogP contribution is -2.46. The lowest BCUT2D eigenvalue weighted by atomic mass is 9.53. The minimum Gasteiger partial charge on any atom is -0.469 e. The van der Waals surface area contributed by atoms with Crippen molar-refractivity contribution in [3.05, 3.63) is 35.5 Å². The molecule has 8 heteroatoms. The quantitative estimate of drug-likeness (QED) is 0.0820. The molecular weight excluding hydrogens is 584 g/mol. The van der Waals surface area contributed by atoms with Gasteiger partial charge in [-0.1, -0.05) is 50.0 Å². The van der Waals surface area contributed by atoms with E-state index in [1.807, 2.05) is 6.08 Å². The fourth-order valence-electron chi connectivity index (χ4n) is 8.64. The number of methoxy groups -OCH3 is 1. The SMILES string of the molecule is CCCCC1C(C2CC[C@H](/C(C)=C/CCCC(=O)OC)C2)CC=C2CC(OC3C=CC(OC(C)=O)C(COC(C)=O)O3)CC[C@@]21C. The number of esters is 3. The van der Waals surface area contributed by atoms with Crippen LogP contribution in [0.25, 0.3) is 0 Å². The van der Waals surface area contributed by atoms with E-state index >= 15 is 0 Å². The van der Waals surface area contributed by atoms with Crippen molar-refractivity contribution < 1.29 is 38.1 Å². The van der Waals surface area contributed by atoms with E-state index in [9.17, 15) is 14.4 Å². The first kappa shape index (κ1) is 36.4. The van der Waals surface area contributed by atoms with E-state index in [0.717, 1.165) is 50.4 Å². The summed E-state index contributed by atoms with van der Waals surface area (Å²) >= 11 is 0. The number of hydrogen-bond donors (Lipinski definition) is 0. The van der Waals surface area contributed by atoms with Crippen molar-refractivity contribution in [1.82, 2.24) is 0 Å². The lowest BCUT2D eigenvalue weighted by molar-refractivity contribution is -0.213. The molecule has 258 valence electrons. The molecule has 0 spiro atoms. The first-order valence-corrected chi connectivity index (χ1v) is 17.8. The Morgan fingerprint density at radius 3 is 2.59 bits per heavy atom. The summed E-state index contributed by atoms with van der Waals surface area (Å²) in [5, 5.41) is 0. The summed E-state index contributed by atoms with van der Waals surface area (Å²) in [5.74, 6) is 1.88. The molecule has 1 heterocycles. The van der Waals surface area contributed by atoms with E-state index in [0.29, 0.717) is 18.3 Å². The highest BCUT2D eigenvalue weighted by atomic mass is 16.7. The molecular formula is C38H58O8. The molecule has 0 saturated heterocycles. The van der Waals surface area contributed by atoms with Crippen molar-refractivity contribution in [2.24, 2.45) is 29.1 Å². The minimum absolute atomic E-state index is 0.00139. The normalized spacial score (nSPS) is 34.4. The average Bonchev–Trinajstić information content (AvgIpc) is 3.52. The Bertz CT molecular complexity index is 1140. The number of ether oxygens (including phenoxy) is 5. The summed E-state index contributed by atoms with van der Waals surface area (Å²) in [7, 11) is 1.46. The summed E-state index contributed by atoms with van der Waals surface area (Å²) in [6.45, 7) is 9.83. The molecule has 2 fully saturated rings. The van der Waals surface area contributed by atoms with Crippen LogP contribution in [0, 0.1) is 29.1 Å². The number of rotatable bonds is 14. The van der Waals surface area contributed by atoms with Gasteiger partial charge < -0.3 is 23.7 Å². The molecule has 9 atom stereocenters. The summed E-state index contributed by atoms with van der Waals surface area (Å²) in [6, 6.07) is 0. The van der Waals surface area contributed by atoms with Crippen LogP contribution in [0.4, 0.5) is 0 Å². The van der Waals surface area contributed by atoms with Crippen LogP contribution in [0.2, 0.25) is 0 Å². The van der Waals surface area contributed by atoms with Crippen LogP contribution in [0.5, 0.6) is 0 Å². The van der Waals surface area contributed by atoms with Crippen molar-refractivity contribution >= 4 is 17.9 Å². The van der Waals surface area contributed by atoms with Crippen LogP contribution in [-0.2, 0) is 38.1 Å². The molecule has 4 aliphatic rings. The zero-order chi connectivity index (χ0) is 33.3. The molecule has 0 N–H and O–H groups in total. The van der Waals surface area contributed by atoms with Gasteiger partial charge in [-0.2, -0.15) is 0 Å². The van der Waals surface area contributed by atoms with E-state index in [1.54, 1.807) is 11.6 Å². The molecule has 1 aliphatic heterocycles. The van der Waals surface area contributed by atoms with Gasteiger partial charge in [0.25, 0.3) is 0 Å². The third kappa shape index (κ3) is 9.56. The van der Waals surface area contributed by atoms with Crippen molar-refractivity contribution in [2.75, 3.05) is 13.7 Å². The van der Waals surface area contributed by atoms with Crippen LogP contribution in [-0.4, -0.2) is 56.2 Å². The number of carbonyl (C=O) groups excluding carboxylic acids is 3. The largest absolute Gasteiger partial charge is 0.469 e. The zero-order valence-electron chi connectivity index (χ0n) is 29.1. The summed E-state index contributed by atoms with van der Waals surface area (Å²) in [4.78, 5) is 34.5. The van der Waals surface area contributed by atoms with Gasteiger partial charge in [0.05, 0.1) is 13.2 Å². The van der Waals surface area contributed by atoms with Gasteiger partial charge in [0, 0.05) is 20.3 Å². The number of unbranched alkanes of at least 4 members (excludes halogenated alkanes) is 2. The Balaban J connectivity index is 1.39. The average molecular weight is 643 g/mol. The zero-order valence-corrected chi connectivity index (χ0v) is 29.1. The molecule has 0 aromatic heterocycles. The molecule has 7 unspecified atom stereocenters. The van der Waals surface area contributed by atoms with Crippen LogP contribution in [0.15, 0.2) is 35.5 Å². The van der Waals surface area contributed by atoms with Crippen molar-refractivity contribution in [3.63, 3.8) is 0 Å². The highest BCUT2D eigenvalue weighted by Gasteiger charge is 2.49. The number of fused-ring (bicyclic) bond motifs is 1. The predicted molar refractivity (Wildman–Crippen MR) is 176 cm³/mol. The second-order valence-corrected chi connectivity index (χ2v) is 14.3. The Labute approximate surface area is 276 Å². The smallest absolute Gasteiger partial charge is 0.305 e. The van der Waals surface area contributed by atoms with Gasteiger partial charge in [-0.05, 0) is 112 Å². The fourth-order valence-corrected chi connectivity index (χ4v) is 8.64. The second-order valence-electron chi connectivity index (χ2n) is 14.3. The fraction of sp³-hybridized carbons (Fsp3) is 0.763. The van der Waals surface area contributed by atoms with Gasteiger partial charge in [-0.3, -0.25) is 14.4 Å². The first-order valence-electron chi connectivity index (χ1n) is 17.8. The monoisotopic (exact) mass is 642 g/mol. The highest BCUT2D eigenvalue weighted by Crippen LogP contribution is 2.58. The molecule has 2 saturated carbocycles. The molecule has 4 rings (SSSR count). The molecule has 0 radical (unpaired) electrons.